The minimum absolute atomic E-state index is 0.249. The molecule has 0 fully saturated rings. The minimum Gasteiger partial charge on any atom is -0.497 e. The average molecular weight is 309 g/mol. The maximum atomic E-state index is 12.3. The summed E-state index contributed by atoms with van der Waals surface area (Å²) in [5.41, 5.74) is 1.36. The van der Waals surface area contributed by atoms with Crippen LogP contribution in [0, 0.1) is 11.3 Å². The molecule has 6 nitrogen and oxygen atoms in total. The van der Waals surface area contributed by atoms with Crippen LogP contribution in [-0.4, -0.2) is 18.9 Å². The number of nitrogens with zero attached hydrogens (tertiary/aromatic N) is 1. The van der Waals surface area contributed by atoms with Gasteiger partial charge in [-0.3, -0.25) is 9.59 Å². The minimum atomic E-state index is -0.432. The summed E-state index contributed by atoms with van der Waals surface area (Å²) in [5, 5.41) is 13.9. The van der Waals surface area contributed by atoms with Crippen LogP contribution in [0.5, 0.6) is 5.75 Å². The topological polar surface area (TPSA) is 91.2 Å². The summed E-state index contributed by atoms with van der Waals surface area (Å²) < 4.78 is 5.05. The van der Waals surface area contributed by atoms with E-state index in [4.69, 9.17) is 10.00 Å². The van der Waals surface area contributed by atoms with Gasteiger partial charge in [-0.25, -0.2) is 0 Å². The van der Waals surface area contributed by atoms with Crippen LogP contribution in [0.1, 0.15) is 16.8 Å². The van der Waals surface area contributed by atoms with Gasteiger partial charge in [0, 0.05) is 5.56 Å². The second-order valence-electron chi connectivity index (χ2n) is 4.61. The zero-order valence-electron chi connectivity index (χ0n) is 12.5. The molecule has 23 heavy (non-hydrogen) atoms. The third kappa shape index (κ3) is 4.32. The summed E-state index contributed by atoms with van der Waals surface area (Å²) in [7, 11) is 1.55. The van der Waals surface area contributed by atoms with Crippen LogP contribution in [-0.2, 0) is 4.79 Å². The van der Waals surface area contributed by atoms with E-state index in [9.17, 15) is 9.59 Å². The van der Waals surface area contributed by atoms with Crippen molar-refractivity contribution in [3.8, 4) is 11.8 Å². The van der Waals surface area contributed by atoms with Crippen molar-refractivity contribution in [1.29, 1.82) is 5.26 Å². The molecule has 6 heteroatoms. The zero-order valence-corrected chi connectivity index (χ0v) is 12.5. The van der Waals surface area contributed by atoms with Gasteiger partial charge in [0.25, 0.3) is 5.91 Å². The first kappa shape index (κ1) is 16.0. The maximum Gasteiger partial charge on any atom is 0.255 e. The Morgan fingerprint density at radius 3 is 2.22 bits per heavy atom. The molecule has 0 heterocycles. The van der Waals surface area contributed by atoms with E-state index >= 15 is 0 Å². The van der Waals surface area contributed by atoms with Crippen molar-refractivity contribution < 1.29 is 14.3 Å². The average Bonchev–Trinajstić information content (AvgIpc) is 2.57. The number of carbonyl (C=O) groups is 2. The van der Waals surface area contributed by atoms with Crippen LogP contribution in [0.4, 0.5) is 11.4 Å². The molecule has 2 aromatic carbocycles. The number of carbonyl (C=O) groups excluding carboxylic acids is 2. The Bertz CT molecular complexity index is 748. The predicted molar refractivity (Wildman–Crippen MR) is 86.2 cm³/mol. The normalized spacial score (nSPS) is 9.57. The van der Waals surface area contributed by atoms with E-state index < -0.39 is 5.91 Å². The summed E-state index contributed by atoms with van der Waals surface area (Å²) in [6.07, 6.45) is -0.249. The Labute approximate surface area is 133 Å². The third-order valence-electron chi connectivity index (χ3n) is 3.04. The van der Waals surface area contributed by atoms with Gasteiger partial charge in [0.05, 0.1) is 24.6 Å². The number of rotatable bonds is 5. The molecule has 116 valence electrons. The van der Waals surface area contributed by atoms with Crippen molar-refractivity contribution >= 4 is 23.2 Å². The van der Waals surface area contributed by atoms with E-state index in [1.54, 1.807) is 61.7 Å². The first-order valence-electron chi connectivity index (χ1n) is 6.85. The highest BCUT2D eigenvalue weighted by molar-refractivity contribution is 6.07. The number of methoxy groups -OCH3 is 1. The van der Waals surface area contributed by atoms with Crippen LogP contribution in [0.25, 0.3) is 0 Å². The lowest BCUT2D eigenvalue weighted by Gasteiger charge is -2.11. The van der Waals surface area contributed by atoms with Crippen LogP contribution in [0.3, 0.4) is 0 Å². The number of ether oxygens (including phenoxy) is 1. The Morgan fingerprint density at radius 1 is 1.04 bits per heavy atom. The quantitative estimate of drug-likeness (QED) is 0.888. The van der Waals surface area contributed by atoms with E-state index in [0.29, 0.717) is 22.7 Å². The molecule has 0 spiro atoms. The van der Waals surface area contributed by atoms with Crippen LogP contribution in [0.2, 0.25) is 0 Å². The van der Waals surface area contributed by atoms with Crippen molar-refractivity contribution in [3.05, 3.63) is 54.1 Å². The van der Waals surface area contributed by atoms with E-state index in [0.717, 1.165) is 0 Å². The summed E-state index contributed by atoms with van der Waals surface area (Å²) in [6.45, 7) is 0. The molecule has 0 aliphatic heterocycles. The highest BCUT2D eigenvalue weighted by Crippen LogP contribution is 2.22. The number of nitrogens with one attached hydrogen (secondary N) is 2. The molecule has 0 radical (unpaired) electrons. The molecule has 2 aromatic rings. The van der Waals surface area contributed by atoms with Crippen LogP contribution < -0.4 is 15.4 Å². The monoisotopic (exact) mass is 309 g/mol. The summed E-state index contributed by atoms with van der Waals surface area (Å²) in [6, 6.07) is 15.2. The van der Waals surface area contributed by atoms with Gasteiger partial charge in [-0.15, -0.1) is 0 Å². The van der Waals surface area contributed by atoms with Crippen molar-refractivity contribution in [1.82, 2.24) is 0 Å². The molecule has 0 unspecified atom stereocenters. The van der Waals surface area contributed by atoms with Gasteiger partial charge in [0.2, 0.25) is 5.91 Å². The number of benzene rings is 2. The number of amides is 2. The standard InChI is InChI=1S/C17H15N3O3/c1-23-13-8-6-12(7-9-13)17(22)20-15-5-3-2-4-14(15)19-16(21)10-11-18/h2-9H,10H2,1H3,(H,19,21)(H,20,22). The van der Waals surface area contributed by atoms with Crippen molar-refractivity contribution in [2.75, 3.05) is 17.7 Å². The Balaban J connectivity index is 2.14. The molecule has 2 rings (SSSR count). The van der Waals surface area contributed by atoms with E-state index in [1.807, 2.05) is 0 Å². The highest BCUT2D eigenvalue weighted by Gasteiger charge is 2.11. The third-order valence-corrected chi connectivity index (χ3v) is 3.04. The Morgan fingerprint density at radius 2 is 1.65 bits per heavy atom. The second kappa shape index (κ2) is 7.61. The molecule has 0 aliphatic rings. The second-order valence-corrected chi connectivity index (χ2v) is 4.61. The molecule has 0 aliphatic carbocycles. The van der Waals surface area contributed by atoms with Crippen molar-refractivity contribution in [2.24, 2.45) is 0 Å². The fourth-order valence-corrected chi connectivity index (χ4v) is 1.90. The summed E-state index contributed by atoms with van der Waals surface area (Å²) in [4.78, 5) is 23.8. The largest absolute Gasteiger partial charge is 0.497 e. The summed E-state index contributed by atoms with van der Waals surface area (Å²) >= 11 is 0. The molecule has 2 amide bonds. The lowest BCUT2D eigenvalue weighted by atomic mass is 10.2. The Kier molecular flexibility index (Phi) is 5.31. The molecule has 0 aromatic heterocycles. The molecular formula is C17H15N3O3. The van der Waals surface area contributed by atoms with Crippen molar-refractivity contribution in [2.45, 2.75) is 6.42 Å². The maximum absolute atomic E-state index is 12.3. The van der Waals surface area contributed by atoms with Crippen LogP contribution >= 0.6 is 0 Å². The fourth-order valence-electron chi connectivity index (χ4n) is 1.90. The Hall–Kier alpha value is -3.33. The van der Waals surface area contributed by atoms with E-state index in [-0.39, 0.29) is 12.3 Å². The molecule has 0 bridgehead atoms. The zero-order chi connectivity index (χ0) is 16.7. The van der Waals surface area contributed by atoms with Gasteiger partial charge in [-0.2, -0.15) is 5.26 Å². The van der Waals surface area contributed by atoms with Crippen molar-refractivity contribution in [3.63, 3.8) is 0 Å². The summed E-state index contributed by atoms with van der Waals surface area (Å²) in [5.74, 6) is -0.0843. The van der Waals surface area contributed by atoms with Gasteiger partial charge in [-0.1, -0.05) is 12.1 Å². The van der Waals surface area contributed by atoms with E-state index in [2.05, 4.69) is 10.6 Å². The fraction of sp³-hybridized carbons (Fsp3) is 0.118. The number of hydrogen-bond acceptors (Lipinski definition) is 4. The van der Waals surface area contributed by atoms with Gasteiger partial charge >= 0.3 is 0 Å². The molecular weight excluding hydrogens is 294 g/mol. The van der Waals surface area contributed by atoms with Gasteiger partial charge in [-0.05, 0) is 36.4 Å². The molecule has 0 saturated heterocycles. The first-order valence-corrected chi connectivity index (χ1v) is 6.85. The van der Waals surface area contributed by atoms with Gasteiger partial charge < -0.3 is 15.4 Å². The number of nitriles is 1. The van der Waals surface area contributed by atoms with Gasteiger partial charge in [0.1, 0.15) is 12.2 Å². The SMILES string of the molecule is COc1ccc(C(=O)Nc2ccccc2NC(=O)CC#N)cc1. The molecule has 2 N–H and O–H groups in total. The predicted octanol–water partition coefficient (Wildman–Crippen LogP) is 2.80. The lowest BCUT2D eigenvalue weighted by Crippen LogP contribution is -2.16. The first-order chi connectivity index (χ1) is 11.1. The van der Waals surface area contributed by atoms with Crippen LogP contribution in [0.15, 0.2) is 48.5 Å². The van der Waals surface area contributed by atoms with E-state index in [1.165, 1.54) is 0 Å². The molecule has 0 atom stereocenters. The van der Waals surface area contributed by atoms with Gasteiger partial charge in [0.15, 0.2) is 0 Å². The smallest absolute Gasteiger partial charge is 0.255 e. The number of hydrogen-bond donors (Lipinski definition) is 2. The highest BCUT2D eigenvalue weighted by atomic mass is 16.5. The number of para-hydroxylation sites is 2. The lowest BCUT2D eigenvalue weighted by molar-refractivity contribution is -0.115. The number of anilines is 2. The molecule has 0 saturated carbocycles.